The van der Waals surface area contributed by atoms with Crippen molar-refractivity contribution in [3.05, 3.63) is 19.2 Å². The van der Waals surface area contributed by atoms with E-state index in [-0.39, 0.29) is 32.7 Å². The van der Waals surface area contributed by atoms with Gasteiger partial charge in [0.2, 0.25) is 0 Å². The Labute approximate surface area is 94.3 Å². The van der Waals surface area contributed by atoms with Crippen LogP contribution in [0, 0.1) is 13.1 Å². The maximum Gasteiger partial charge on any atom is 0.00556 e. The standard InChI is InChI=1S/C8H14N2.Y/c1-2-3-6-10-7-4-9-5-8-10;/h1-2,6,9H,3-5,7-8H2;/q-2;. The van der Waals surface area contributed by atoms with Crippen LogP contribution in [0.4, 0.5) is 0 Å². The van der Waals surface area contributed by atoms with Gasteiger partial charge >= 0.3 is 0 Å². The minimum atomic E-state index is 0. The minimum Gasteiger partial charge on any atom is -0.520 e. The fraction of sp³-hybridized carbons (Fsp3) is 0.625. The van der Waals surface area contributed by atoms with Crippen molar-refractivity contribution in [3.63, 3.8) is 0 Å². The molecule has 11 heavy (non-hydrogen) atoms. The van der Waals surface area contributed by atoms with E-state index in [1.54, 1.807) is 6.08 Å². The first-order chi connectivity index (χ1) is 4.93. The molecule has 0 unspecified atom stereocenters. The second kappa shape index (κ2) is 7.42. The Balaban J connectivity index is 0.000001000. The molecule has 1 aliphatic rings. The molecule has 0 spiro atoms. The third-order valence-corrected chi connectivity index (χ3v) is 1.65. The van der Waals surface area contributed by atoms with Crippen molar-refractivity contribution >= 4 is 0 Å². The molecule has 0 atom stereocenters. The van der Waals surface area contributed by atoms with Crippen LogP contribution < -0.4 is 5.32 Å². The van der Waals surface area contributed by atoms with Crippen molar-refractivity contribution in [1.82, 2.24) is 10.2 Å². The molecule has 61 valence electrons. The summed E-state index contributed by atoms with van der Waals surface area (Å²) < 4.78 is 0. The van der Waals surface area contributed by atoms with Gasteiger partial charge in [-0.1, -0.05) is 0 Å². The van der Waals surface area contributed by atoms with E-state index in [2.05, 4.69) is 16.8 Å². The van der Waals surface area contributed by atoms with E-state index in [9.17, 15) is 0 Å². The Morgan fingerprint density at radius 2 is 2.09 bits per heavy atom. The Hall–Kier alpha value is 0.764. The molecule has 0 aromatic carbocycles. The van der Waals surface area contributed by atoms with Crippen LogP contribution in [-0.2, 0) is 32.7 Å². The van der Waals surface area contributed by atoms with E-state index in [4.69, 9.17) is 6.58 Å². The fourth-order valence-electron chi connectivity index (χ4n) is 1.07. The molecule has 0 saturated carbocycles. The predicted molar refractivity (Wildman–Crippen MR) is 42.2 cm³/mol. The second-order valence-corrected chi connectivity index (χ2v) is 2.44. The van der Waals surface area contributed by atoms with Crippen LogP contribution in [0.5, 0.6) is 0 Å². The van der Waals surface area contributed by atoms with E-state index in [0.717, 1.165) is 32.6 Å². The topological polar surface area (TPSA) is 15.3 Å². The van der Waals surface area contributed by atoms with Crippen molar-refractivity contribution in [3.8, 4) is 0 Å². The van der Waals surface area contributed by atoms with Crippen LogP contribution in [0.25, 0.3) is 0 Å². The first-order valence-electron chi connectivity index (χ1n) is 3.75. The van der Waals surface area contributed by atoms with Gasteiger partial charge in [0.05, 0.1) is 0 Å². The van der Waals surface area contributed by atoms with Gasteiger partial charge in [0.15, 0.2) is 0 Å². The Kier molecular flexibility index (Phi) is 7.93. The second-order valence-electron chi connectivity index (χ2n) is 2.44. The van der Waals surface area contributed by atoms with Gasteiger partial charge in [0.25, 0.3) is 0 Å². The van der Waals surface area contributed by atoms with Gasteiger partial charge in [-0.05, 0) is 13.1 Å². The molecule has 1 rings (SSSR count). The van der Waals surface area contributed by atoms with Crippen molar-refractivity contribution in [2.45, 2.75) is 6.42 Å². The summed E-state index contributed by atoms with van der Waals surface area (Å²) in [5.74, 6) is 0. The molecule has 0 aromatic rings. The number of nitrogens with one attached hydrogen (secondary N) is 1. The van der Waals surface area contributed by atoms with Gasteiger partial charge in [-0.25, -0.2) is 0 Å². The molecule has 2 nitrogen and oxygen atoms in total. The van der Waals surface area contributed by atoms with Crippen LogP contribution >= 0.6 is 0 Å². The molecule has 1 aliphatic heterocycles. The fourth-order valence-corrected chi connectivity index (χ4v) is 1.07. The van der Waals surface area contributed by atoms with Gasteiger partial charge in [-0.2, -0.15) is 6.42 Å². The van der Waals surface area contributed by atoms with E-state index in [1.807, 2.05) is 0 Å². The smallest absolute Gasteiger partial charge is 0.00556 e. The third kappa shape index (κ3) is 5.07. The summed E-state index contributed by atoms with van der Waals surface area (Å²) in [7, 11) is 0. The molecule has 0 bridgehead atoms. The maximum atomic E-state index is 5.25. The molecule has 1 heterocycles. The van der Waals surface area contributed by atoms with E-state index < -0.39 is 0 Å². The maximum absolute atomic E-state index is 5.25. The van der Waals surface area contributed by atoms with Gasteiger partial charge < -0.3 is 22.9 Å². The average Bonchev–Trinajstić information content (AvgIpc) is 2.03. The molecule has 0 aromatic heterocycles. The largest absolute Gasteiger partial charge is 0.520 e. The quantitative estimate of drug-likeness (QED) is 0.703. The van der Waals surface area contributed by atoms with Crippen LogP contribution in [0.3, 0.4) is 0 Å². The molecule has 3 heteroatoms. The zero-order chi connectivity index (χ0) is 7.23. The van der Waals surface area contributed by atoms with Crippen molar-refractivity contribution in [2.75, 3.05) is 26.2 Å². The first kappa shape index (κ1) is 11.8. The summed E-state index contributed by atoms with van der Waals surface area (Å²) in [5.41, 5.74) is 0. The monoisotopic (exact) mass is 227 g/mol. The number of piperazine rings is 1. The molecule has 1 radical (unpaired) electrons. The predicted octanol–water partition coefficient (Wildman–Crippen LogP) is 0.430. The van der Waals surface area contributed by atoms with Gasteiger partial charge in [-0.15, -0.1) is 0 Å². The number of hydrogen-bond donors (Lipinski definition) is 1. The molecular weight excluding hydrogens is 213 g/mol. The normalized spacial score (nSPS) is 18.9. The van der Waals surface area contributed by atoms with Crippen molar-refractivity contribution in [2.24, 2.45) is 0 Å². The van der Waals surface area contributed by atoms with Gasteiger partial charge in [-0.3, -0.25) is 6.54 Å². The number of hydrogen-bond acceptors (Lipinski definition) is 2. The van der Waals surface area contributed by atoms with E-state index in [0.29, 0.717) is 0 Å². The summed E-state index contributed by atoms with van der Waals surface area (Å²) in [6.07, 6.45) is 2.57. The Morgan fingerprint density at radius 1 is 1.45 bits per heavy atom. The molecule has 1 fully saturated rings. The molecule has 1 N–H and O–H groups in total. The molecule has 0 amide bonds. The average molecular weight is 227 g/mol. The Morgan fingerprint density at radius 3 is 2.64 bits per heavy atom. The van der Waals surface area contributed by atoms with Crippen LogP contribution in [-0.4, -0.2) is 31.1 Å². The number of rotatable bonds is 3. The zero-order valence-electron chi connectivity index (χ0n) is 6.79. The summed E-state index contributed by atoms with van der Waals surface area (Å²) in [5, 5.41) is 3.29. The van der Waals surface area contributed by atoms with Crippen molar-refractivity contribution in [1.29, 1.82) is 0 Å². The summed E-state index contributed by atoms with van der Waals surface area (Å²) in [4.78, 5) is 2.31. The molecule has 0 aliphatic carbocycles. The van der Waals surface area contributed by atoms with E-state index in [1.165, 1.54) is 0 Å². The molecule has 1 saturated heterocycles. The van der Waals surface area contributed by atoms with Gasteiger partial charge in [0, 0.05) is 45.8 Å². The summed E-state index contributed by atoms with van der Waals surface area (Å²) in [6.45, 7) is 11.8. The van der Waals surface area contributed by atoms with Crippen LogP contribution in [0.1, 0.15) is 6.42 Å². The van der Waals surface area contributed by atoms with Crippen molar-refractivity contribution < 1.29 is 32.7 Å². The zero-order valence-corrected chi connectivity index (χ0v) is 9.63. The van der Waals surface area contributed by atoms with Gasteiger partial charge in [0.1, 0.15) is 0 Å². The summed E-state index contributed by atoms with van der Waals surface area (Å²) >= 11 is 0. The molecular formula is C8H14N2Y-2. The summed E-state index contributed by atoms with van der Waals surface area (Å²) in [6, 6.07) is 0. The SMILES string of the molecule is [CH-]=CC[CH-]N1CCNCC1.[Y]. The first-order valence-corrected chi connectivity index (χ1v) is 3.75. The van der Waals surface area contributed by atoms with Crippen LogP contribution in [0.2, 0.25) is 0 Å². The Bertz CT molecular complexity index is 100. The number of nitrogens with zero attached hydrogens (tertiary/aromatic N) is 1. The van der Waals surface area contributed by atoms with Crippen LogP contribution in [0.15, 0.2) is 6.08 Å². The van der Waals surface area contributed by atoms with E-state index >= 15 is 0 Å². The minimum absolute atomic E-state index is 0. The third-order valence-electron chi connectivity index (χ3n) is 1.65.